The zero-order valence-electron chi connectivity index (χ0n) is 42.5. The van der Waals surface area contributed by atoms with E-state index >= 15 is 0 Å². The Morgan fingerprint density at radius 2 is 0.879 bits per heavy atom. The van der Waals surface area contributed by atoms with Gasteiger partial charge in [0.15, 0.2) is 6.29 Å². The zero-order valence-corrected chi connectivity index (χ0v) is 43.4. The highest BCUT2D eigenvalue weighted by Crippen LogP contribution is 2.26. The molecule has 1 rings (SSSR count). The second-order valence-electron chi connectivity index (χ2n) is 19.9. The van der Waals surface area contributed by atoms with Crippen LogP contribution >= 0.6 is 0 Å². The molecule has 1 fully saturated rings. The van der Waals surface area contributed by atoms with Gasteiger partial charge in [-0.25, -0.2) is 4.18 Å². The summed E-state index contributed by atoms with van der Waals surface area (Å²) in [6, 6.07) is -0.852. The third-order valence-electron chi connectivity index (χ3n) is 13.7. The summed E-state index contributed by atoms with van der Waals surface area (Å²) in [5, 5.41) is 45.0. The van der Waals surface area contributed by atoms with E-state index in [2.05, 4.69) is 23.3 Å². The monoisotopic (exact) mass is 964 g/mol. The number of carbonyl (C=O) groups is 1. The third-order valence-corrected chi connectivity index (χ3v) is 14.1. The molecule has 0 aromatic heterocycles. The van der Waals surface area contributed by atoms with Crippen molar-refractivity contribution in [3.8, 4) is 0 Å². The number of nitrogens with one attached hydrogen (secondary N) is 1. The van der Waals surface area contributed by atoms with Gasteiger partial charge in [0.2, 0.25) is 5.91 Å². The summed E-state index contributed by atoms with van der Waals surface area (Å²) in [5.74, 6) is -0.224. The van der Waals surface area contributed by atoms with E-state index in [1.54, 1.807) is 0 Å². The molecule has 0 saturated carbocycles. The first kappa shape index (κ1) is 63.1. The first-order valence-corrected chi connectivity index (χ1v) is 29.3. The fourth-order valence-corrected chi connectivity index (χ4v) is 9.85. The van der Waals surface area contributed by atoms with Gasteiger partial charge in [0.1, 0.15) is 24.4 Å². The van der Waals surface area contributed by atoms with Crippen LogP contribution in [-0.4, -0.2) is 95.4 Å². The Bertz CT molecular complexity index is 1180. The molecule has 1 aliphatic rings. The molecule has 1 heterocycles. The van der Waals surface area contributed by atoms with Crippen molar-refractivity contribution in [2.75, 3.05) is 13.2 Å². The number of ether oxygens (including phenoxy) is 2. The van der Waals surface area contributed by atoms with Crippen LogP contribution in [-0.2, 0) is 28.9 Å². The minimum absolute atomic E-state index is 0.224. The number of hydrogen-bond acceptors (Lipinski definition) is 10. The molecule has 0 spiro atoms. The predicted octanol–water partition coefficient (Wildman–Crippen LogP) is 12.5. The molecule has 66 heavy (non-hydrogen) atoms. The maximum atomic E-state index is 13.1. The van der Waals surface area contributed by atoms with Crippen molar-refractivity contribution in [2.24, 2.45) is 0 Å². The molecule has 0 radical (unpaired) electrons. The summed E-state index contributed by atoms with van der Waals surface area (Å²) in [6.07, 6.45) is 41.3. The SMILES string of the molecule is CCCCCCCCCCCCCCCCCCCCCCCCCCCCCC(=O)NC(COC1OC(CO)C(O)C(OS(=O)(=O)O)C1O)C(O)CCCCCCCCCCCCCC. The largest absolute Gasteiger partial charge is 0.397 e. The zero-order chi connectivity index (χ0) is 48.4. The Kier molecular flexibility index (Phi) is 42.1. The van der Waals surface area contributed by atoms with Crippen molar-refractivity contribution in [1.82, 2.24) is 5.32 Å². The van der Waals surface area contributed by atoms with Gasteiger partial charge >= 0.3 is 10.4 Å². The summed E-state index contributed by atoms with van der Waals surface area (Å²) < 4.78 is 47.8. The van der Waals surface area contributed by atoms with Gasteiger partial charge in [-0.3, -0.25) is 9.35 Å². The summed E-state index contributed by atoms with van der Waals surface area (Å²) in [6.45, 7) is 3.48. The highest BCUT2D eigenvalue weighted by atomic mass is 32.3. The van der Waals surface area contributed by atoms with E-state index in [-0.39, 0.29) is 12.5 Å². The minimum Gasteiger partial charge on any atom is -0.394 e. The molecule has 12 nitrogen and oxygen atoms in total. The second-order valence-corrected chi connectivity index (χ2v) is 20.9. The van der Waals surface area contributed by atoms with Gasteiger partial charge in [-0.2, -0.15) is 8.42 Å². The first-order chi connectivity index (χ1) is 32.0. The number of rotatable bonds is 49. The summed E-state index contributed by atoms with van der Waals surface area (Å²) in [5.41, 5.74) is 0. The lowest BCUT2D eigenvalue weighted by atomic mass is 9.99. The molecule has 0 aliphatic carbocycles. The van der Waals surface area contributed by atoms with Crippen LogP contribution in [0.1, 0.15) is 277 Å². The Balaban J connectivity index is 2.27. The van der Waals surface area contributed by atoms with Gasteiger partial charge < -0.3 is 35.2 Å². The number of carbonyl (C=O) groups excluding carboxylic acids is 1. The van der Waals surface area contributed by atoms with Crippen LogP contribution < -0.4 is 5.32 Å². The Labute approximate surface area is 405 Å². The molecule has 7 unspecified atom stereocenters. The molecule has 13 heteroatoms. The Hall–Kier alpha value is -0.900. The highest BCUT2D eigenvalue weighted by molar-refractivity contribution is 7.80. The maximum Gasteiger partial charge on any atom is 0.397 e. The van der Waals surface area contributed by atoms with E-state index in [0.29, 0.717) is 12.8 Å². The lowest BCUT2D eigenvalue weighted by Gasteiger charge is -2.41. The van der Waals surface area contributed by atoms with Gasteiger partial charge in [-0.1, -0.05) is 258 Å². The highest BCUT2D eigenvalue weighted by Gasteiger charge is 2.48. The lowest BCUT2D eigenvalue weighted by Crippen LogP contribution is -2.61. The molecular weight excluding hydrogens is 859 g/mol. The van der Waals surface area contributed by atoms with Crippen molar-refractivity contribution in [2.45, 2.75) is 320 Å². The Morgan fingerprint density at radius 3 is 1.21 bits per heavy atom. The van der Waals surface area contributed by atoms with Crippen LogP contribution in [0.4, 0.5) is 0 Å². The topological polar surface area (TPSA) is 192 Å². The van der Waals surface area contributed by atoms with E-state index < -0.39 is 59.9 Å². The quantitative estimate of drug-likeness (QED) is 0.0251. The molecule has 1 aliphatic heterocycles. The van der Waals surface area contributed by atoms with Gasteiger partial charge in [-0.15, -0.1) is 0 Å². The maximum absolute atomic E-state index is 13.1. The molecular formula is C53H105NO11S. The second kappa shape index (κ2) is 44.1. The summed E-state index contributed by atoms with van der Waals surface area (Å²) in [4.78, 5) is 13.1. The molecule has 0 aromatic carbocycles. The Morgan fingerprint density at radius 1 is 0.545 bits per heavy atom. The van der Waals surface area contributed by atoms with Crippen LogP contribution in [0.2, 0.25) is 0 Å². The summed E-state index contributed by atoms with van der Waals surface area (Å²) >= 11 is 0. The van der Waals surface area contributed by atoms with Crippen LogP contribution in [0.5, 0.6) is 0 Å². The predicted molar refractivity (Wildman–Crippen MR) is 269 cm³/mol. The van der Waals surface area contributed by atoms with Crippen LogP contribution in [0.15, 0.2) is 0 Å². The van der Waals surface area contributed by atoms with E-state index in [1.807, 2.05) is 0 Å². The van der Waals surface area contributed by atoms with Gasteiger partial charge in [0.25, 0.3) is 0 Å². The molecule has 7 atom stereocenters. The molecule has 1 amide bonds. The van der Waals surface area contributed by atoms with Crippen LogP contribution in [0.3, 0.4) is 0 Å². The molecule has 1 saturated heterocycles. The first-order valence-electron chi connectivity index (χ1n) is 27.9. The van der Waals surface area contributed by atoms with Gasteiger partial charge in [0, 0.05) is 6.42 Å². The smallest absolute Gasteiger partial charge is 0.394 e. The number of hydrogen-bond donors (Lipinski definition) is 6. The molecule has 0 bridgehead atoms. The number of aliphatic hydroxyl groups is 4. The number of aliphatic hydroxyl groups excluding tert-OH is 4. The number of amides is 1. The average molecular weight is 964 g/mol. The fraction of sp³-hybridized carbons (Fsp3) is 0.981. The average Bonchev–Trinajstić information content (AvgIpc) is 3.29. The van der Waals surface area contributed by atoms with Crippen molar-refractivity contribution < 1.29 is 51.8 Å². The lowest BCUT2D eigenvalue weighted by molar-refractivity contribution is -0.298. The van der Waals surface area contributed by atoms with Gasteiger partial charge in [-0.05, 0) is 12.8 Å². The van der Waals surface area contributed by atoms with Crippen LogP contribution in [0, 0.1) is 0 Å². The minimum atomic E-state index is -5.07. The van der Waals surface area contributed by atoms with E-state index in [9.17, 15) is 38.2 Å². The van der Waals surface area contributed by atoms with Crippen molar-refractivity contribution in [1.29, 1.82) is 0 Å². The normalized spacial score (nSPS) is 19.9. The van der Waals surface area contributed by atoms with Crippen molar-refractivity contribution in [3.63, 3.8) is 0 Å². The summed E-state index contributed by atoms with van der Waals surface area (Å²) in [7, 11) is -5.07. The van der Waals surface area contributed by atoms with Crippen molar-refractivity contribution >= 4 is 16.3 Å². The number of unbranched alkanes of at least 4 members (excludes halogenated alkanes) is 37. The van der Waals surface area contributed by atoms with Crippen LogP contribution in [0.25, 0.3) is 0 Å². The third kappa shape index (κ3) is 36.1. The van der Waals surface area contributed by atoms with Crippen molar-refractivity contribution in [3.05, 3.63) is 0 Å². The fourth-order valence-electron chi connectivity index (χ4n) is 9.35. The van der Waals surface area contributed by atoms with Gasteiger partial charge in [0.05, 0.1) is 25.4 Å². The van der Waals surface area contributed by atoms with E-state index in [4.69, 9.17) is 9.47 Å². The van der Waals surface area contributed by atoms with E-state index in [1.165, 1.54) is 199 Å². The standard InChI is InChI=1S/C53H105NO11S/c1-3-5-7-9-11-13-15-17-18-19-20-21-22-23-24-25-26-27-28-29-30-31-33-35-37-39-41-43-49(57)54-46(47(56)42-40-38-36-34-32-16-14-12-10-8-6-4-2)45-63-53-51(59)52(65-66(60,61)62)50(58)48(44-55)64-53/h46-48,50-53,55-56,58-59H,3-45H2,1-2H3,(H,54,57)(H,60,61,62). The molecule has 394 valence electrons. The molecule has 0 aromatic rings. The molecule has 6 N–H and O–H groups in total. The van der Waals surface area contributed by atoms with E-state index in [0.717, 1.165) is 51.4 Å².